The molecule has 0 saturated carbocycles. The fourth-order valence-electron chi connectivity index (χ4n) is 5.27. The minimum atomic E-state index is -0.0416. The van der Waals surface area contributed by atoms with Crippen molar-refractivity contribution in [3.8, 4) is 22.9 Å². The van der Waals surface area contributed by atoms with Crippen molar-refractivity contribution in [3.05, 3.63) is 93.9 Å². The van der Waals surface area contributed by atoms with Crippen molar-refractivity contribution in [1.82, 2.24) is 4.57 Å². The maximum Gasteiger partial charge on any atom is 0.262 e. The molecule has 176 valence electrons. The number of morpholine rings is 1. The van der Waals surface area contributed by atoms with E-state index in [-0.39, 0.29) is 17.8 Å². The standard InChI is InChI=1S/C30H29N3O2/c1-19-14-23(15-31)8-13-26(19)27-6-5-7-28-29(27)20(2)16-33(30(28)34)25-11-9-24(10-12-25)32-17-21(3)35-22(4)18-32/h5-14,16,21-22H,17-18H2,1-4H3/t21-,22+. The summed E-state index contributed by atoms with van der Waals surface area (Å²) >= 11 is 0. The Labute approximate surface area is 205 Å². The fraction of sp³-hybridized carbons (Fsp3) is 0.267. The van der Waals surface area contributed by atoms with Crippen molar-refractivity contribution in [3.63, 3.8) is 0 Å². The zero-order valence-corrected chi connectivity index (χ0v) is 20.6. The van der Waals surface area contributed by atoms with Crippen LogP contribution < -0.4 is 10.5 Å². The van der Waals surface area contributed by atoms with Gasteiger partial charge in [-0.25, -0.2) is 0 Å². The summed E-state index contributed by atoms with van der Waals surface area (Å²) in [7, 11) is 0. The van der Waals surface area contributed by atoms with Gasteiger partial charge in [0, 0.05) is 36.0 Å². The molecule has 4 aromatic rings. The van der Waals surface area contributed by atoms with Gasteiger partial charge >= 0.3 is 0 Å². The number of aryl methyl sites for hydroxylation is 2. The smallest absolute Gasteiger partial charge is 0.262 e. The molecule has 0 amide bonds. The molecule has 0 unspecified atom stereocenters. The SMILES string of the molecule is Cc1cc(C#N)ccc1-c1cccc2c(=O)n(-c3ccc(N4C[C@@H](C)O[C@@H](C)C4)cc3)cc(C)c12. The topological polar surface area (TPSA) is 58.3 Å². The Morgan fingerprint density at radius 3 is 2.23 bits per heavy atom. The Morgan fingerprint density at radius 1 is 0.886 bits per heavy atom. The molecule has 0 aliphatic carbocycles. The molecule has 1 saturated heterocycles. The molecule has 0 N–H and O–H groups in total. The summed E-state index contributed by atoms with van der Waals surface area (Å²) in [6, 6.07) is 22.0. The van der Waals surface area contributed by atoms with E-state index in [0.29, 0.717) is 10.9 Å². The molecule has 3 aromatic carbocycles. The minimum absolute atomic E-state index is 0.0416. The molecule has 5 heteroatoms. The van der Waals surface area contributed by atoms with Crippen LogP contribution >= 0.6 is 0 Å². The van der Waals surface area contributed by atoms with Crippen LogP contribution in [-0.4, -0.2) is 29.9 Å². The number of hydrogen-bond acceptors (Lipinski definition) is 4. The molecular weight excluding hydrogens is 434 g/mol. The molecule has 0 bridgehead atoms. The van der Waals surface area contributed by atoms with E-state index in [0.717, 1.165) is 52.1 Å². The molecule has 1 aliphatic heterocycles. The number of benzene rings is 3. The van der Waals surface area contributed by atoms with Crippen molar-refractivity contribution in [2.24, 2.45) is 0 Å². The zero-order valence-electron chi connectivity index (χ0n) is 20.6. The highest BCUT2D eigenvalue weighted by Crippen LogP contribution is 2.32. The predicted octanol–water partition coefficient (Wildman–Crippen LogP) is 5.76. The van der Waals surface area contributed by atoms with Crippen LogP contribution in [0.15, 0.2) is 71.7 Å². The first-order valence-electron chi connectivity index (χ1n) is 12.0. The second-order valence-electron chi connectivity index (χ2n) is 9.54. The van der Waals surface area contributed by atoms with Crippen molar-refractivity contribution >= 4 is 16.5 Å². The number of ether oxygens (including phenoxy) is 1. The van der Waals surface area contributed by atoms with Crippen molar-refractivity contribution < 1.29 is 4.74 Å². The summed E-state index contributed by atoms with van der Waals surface area (Å²) < 4.78 is 7.60. The number of aromatic nitrogens is 1. The van der Waals surface area contributed by atoms with Crippen LogP contribution in [-0.2, 0) is 4.74 Å². The molecule has 0 radical (unpaired) electrons. The second-order valence-corrected chi connectivity index (χ2v) is 9.54. The first-order chi connectivity index (χ1) is 16.9. The third kappa shape index (κ3) is 4.22. The lowest BCUT2D eigenvalue weighted by molar-refractivity contribution is -0.00521. The van der Waals surface area contributed by atoms with Crippen LogP contribution in [0, 0.1) is 25.2 Å². The monoisotopic (exact) mass is 463 g/mol. The van der Waals surface area contributed by atoms with E-state index >= 15 is 0 Å². The van der Waals surface area contributed by atoms with Crippen LogP contribution in [0.4, 0.5) is 5.69 Å². The van der Waals surface area contributed by atoms with Gasteiger partial charge in [0.25, 0.3) is 5.56 Å². The van der Waals surface area contributed by atoms with Gasteiger partial charge in [-0.15, -0.1) is 0 Å². The van der Waals surface area contributed by atoms with Crippen molar-refractivity contribution in [1.29, 1.82) is 5.26 Å². The summed E-state index contributed by atoms with van der Waals surface area (Å²) in [6.07, 6.45) is 2.32. The minimum Gasteiger partial charge on any atom is -0.372 e. The van der Waals surface area contributed by atoms with E-state index in [2.05, 4.69) is 36.9 Å². The van der Waals surface area contributed by atoms with Crippen LogP contribution in [0.5, 0.6) is 0 Å². The fourth-order valence-corrected chi connectivity index (χ4v) is 5.27. The van der Waals surface area contributed by atoms with Gasteiger partial charge in [-0.05, 0) is 97.8 Å². The Hall–Kier alpha value is -3.88. The van der Waals surface area contributed by atoms with Crippen molar-refractivity contribution in [2.75, 3.05) is 18.0 Å². The highest BCUT2D eigenvalue weighted by Gasteiger charge is 2.22. The number of pyridine rings is 1. The molecular formula is C30H29N3O2. The molecule has 0 spiro atoms. The lowest BCUT2D eigenvalue weighted by Crippen LogP contribution is -2.45. The first kappa shape index (κ1) is 22.9. The summed E-state index contributed by atoms with van der Waals surface area (Å²) in [5.74, 6) is 0. The van der Waals surface area contributed by atoms with Gasteiger partial charge < -0.3 is 9.64 Å². The van der Waals surface area contributed by atoms with Gasteiger partial charge in [-0.2, -0.15) is 5.26 Å². The first-order valence-corrected chi connectivity index (χ1v) is 12.0. The predicted molar refractivity (Wildman–Crippen MR) is 141 cm³/mol. The number of anilines is 1. The third-order valence-corrected chi connectivity index (χ3v) is 6.79. The molecule has 1 fully saturated rings. The average Bonchev–Trinajstić information content (AvgIpc) is 2.85. The molecule has 5 rings (SSSR count). The van der Waals surface area contributed by atoms with E-state index in [1.165, 1.54) is 0 Å². The van der Waals surface area contributed by atoms with Crippen LogP contribution in [0.25, 0.3) is 27.6 Å². The zero-order chi connectivity index (χ0) is 24.7. The number of nitrogens with zero attached hydrogens (tertiary/aromatic N) is 3. The van der Waals surface area contributed by atoms with E-state index in [4.69, 9.17) is 4.74 Å². The quantitative estimate of drug-likeness (QED) is 0.388. The maximum absolute atomic E-state index is 13.6. The number of hydrogen-bond donors (Lipinski definition) is 0. The summed E-state index contributed by atoms with van der Waals surface area (Å²) in [4.78, 5) is 16.0. The lowest BCUT2D eigenvalue weighted by atomic mass is 9.93. The average molecular weight is 464 g/mol. The van der Waals surface area contributed by atoms with E-state index in [1.807, 2.05) is 68.6 Å². The van der Waals surface area contributed by atoms with E-state index < -0.39 is 0 Å². The van der Waals surface area contributed by atoms with Gasteiger partial charge in [0.15, 0.2) is 0 Å². The van der Waals surface area contributed by atoms with Crippen molar-refractivity contribution in [2.45, 2.75) is 39.9 Å². The molecule has 5 nitrogen and oxygen atoms in total. The van der Waals surface area contributed by atoms with Gasteiger partial charge in [0.2, 0.25) is 0 Å². The number of nitriles is 1. The summed E-state index contributed by atoms with van der Waals surface area (Å²) in [5.41, 5.74) is 6.67. The maximum atomic E-state index is 13.6. The summed E-state index contributed by atoms with van der Waals surface area (Å²) in [6.45, 7) is 9.96. The largest absolute Gasteiger partial charge is 0.372 e. The normalized spacial score (nSPS) is 18.0. The Bertz CT molecular complexity index is 1500. The highest BCUT2D eigenvalue weighted by atomic mass is 16.5. The Morgan fingerprint density at radius 2 is 1.57 bits per heavy atom. The highest BCUT2D eigenvalue weighted by molar-refractivity contribution is 5.99. The second kappa shape index (κ2) is 9.05. The number of rotatable bonds is 3. The Kier molecular flexibility index (Phi) is 5.92. The van der Waals surface area contributed by atoms with E-state index in [1.54, 1.807) is 4.57 Å². The summed E-state index contributed by atoms with van der Waals surface area (Å²) in [5, 5.41) is 10.9. The molecule has 35 heavy (non-hydrogen) atoms. The Balaban J connectivity index is 1.57. The van der Waals surface area contributed by atoms with E-state index in [9.17, 15) is 10.1 Å². The van der Waals surface area contributed by atoms with Gasteiger partial charge in [-0.3, -0.25) is 9.36 Å². The van der Waals surface area contributed by atoms with Crippen LogP contribution in [0.3, 0.4) is 0 Å². The number of fused-ring (bicyclic) bond motifs is 1. The van der Waals surface area contributed by atoms with Crippen LogP contribution in [0.1, 0.15) is 30.5 Å². The third-order valence-electron chi connectivity index (χ3n) is 6.79. The molecule has 2 atom stereocenters. The van der Waals surface area contributed by atoms with Gasteiger partial charge in [0.05, 0.1) is 23.8 Å². The molecule has 2 heterocycles. The lowest BCUT2D eigenvalue weighted by Gasteiger charge is -2.36. The van der Waals surface area contributed by atoms with Crippen LogP contribution in [0.2, 0.25) is 0 Å². The van der Waals surface area contributed by atoms with Gasteiger partial charge in [-0.1, -0.05) is 18.2 Å². The molecule has 1 aliphatic rings. The van der Waals surface area contributed by atoms with Gasteiger partial charge in [0.1, 0.15) is 0 Å². The molecule has 1 aromatic heterocycles.